The van der Waals surface area contributed by atoms with Gasteiger partial charge >= 0.3 is 0 Å². The first-order chi connectivity index (χ1) is 4.22. The monoisotopic (exact) mass is 130 g/mol. The lowest BCUT2D eigenvalue weighted by Crippen LogP contribution is -2.24. The predicted octanol–water partition coefficient (Wildman–Crippen LogP) is 0.556. The highest BCUT2D eigenvalue weighted by Crippen LogP contribution is 2.05. The van der Waals surface area contributed by atoms with Crippen LogP contribution in [0.3, 0.4) is 0 Å². The third kappa shape index (κ3) is 3.49. The summed E-state index contributed by atoms with van der Waals surface area (Å²) in [6.45, 7) is 6.21. The summed E-state index contributed by atoms with van der Waals surface area (Å²) < 4.78 is 0. The van der Waals surface area contributed by atoms with E-state index in [1.165, 1.54) is 0 Å². The molecule has 0 spiro atoms. The maximum absolute atomic E-state index is 9.18. The van der Waals surface area contributed by atoms with Gasteiger partial charge in [0, 0.05) is 0 Å². The second kappa shape index (κ2) is 4.77. The van der Waals surface area contributed by atoms with Crippen molar-refractivity contribution in [3.8, 4) is 0 Å². The van der Waals surface area contributed by atoms with Crippen LogP contribution >= 0.6 is 0 Å². The van der Waals surface area contributed by atoms with E-state index in [0.717, 1.165) is 12.8 Å². The van der Waals surface area contributed by atoms with Crippen LogP contribution in [0.4, 0.5) is 0 Å². The molecule has 0 saturated heterocycles. The smallest absolute Gasteiger partial charge is 0.0580 e. The van der Waals surface area contributed by atoms with Crippen molar-refractivity contribution in [2.45, 2.75) is 25.9 Å². The van der Waals surface area contributed by atoms with E-state index in [0.29, 0.717) is 6.54 Å². The number of rotatable bonds is 4. The van der Waals surface area contributed by atoms with Crippen molar-refractivity contribution in [1.82, 2.24) is 0 Å². The Morgan fingerprint density at radius 2 is 2.22 bits per heavy atom. The molecule has 2 nitrogen and oxygen atoms in total. The molecule has 2 heteroatoms. The number of hydrogen-bond acceptors (Lipinski definition) is 2. The summed E-state index contributed by atoms with van der Waals surface area (Å²) in [6, 6.07) is 0. The van der Waals surface area contributed by atoms with Crippen molar-refractivity contribution < 1.29 is 5.11 Å². The minimum Gasteiger partial charge on any atom is -0.393 e. The first-order valence-electron chi connectivity index (χ1n) is 3.43. The summed E-state index contributed by atoms with van der Waals surface area (Å²) in [5, 5.41) is 9.18. The summed E-state index contributed by atoms with van der Waals surface area (Å²) >= 11 is 0. The van der Waals surface area contributed by atoms with E-state index in [9.17, 15) is 5.11 Å². The topological polar surface area (TPSA) is 46.2 Å². The third-order valence-electron chi connectivity index (χ3n) is 1.43. The van der Waals surface area contributed by atoms with Crippen molar-refractivity contribution in [3.05, 3.63) is 6.92 Å². The highest BCUT2D eigenvalue weighted by atomic mass is 16.3. The first kappa shape index (κ1) is 8.92. The zero-order valence-corrected chi connectivity index (χ0v) is 6.01. The van der Waals surface area contributed by atoms with Gasteiger partial charge in [-0.1, -0.05) is 13.3 Å². The molecule has 2 atom stereocenters. The normalized spacial score (nSPS) is 17.3. The Labute approximate surface area is 57.1 Å². The Hall–Kier alpha value is -0.0800. The molecule has 55 valence electrons. The summed E-state index contributed by atoms with van der Waals surface area (Å²) in [7, 11) is 0. The number of nitrogens with two attached hydrogens (primary N) is 1. The fraction of sp³-hybridized carbons (Fsp3) is 0.857. The minimum absolute atomic E-state index is 0.00458. The van der Waals surface area contributed by atoms with Gasteiger partial charge in [0.05, 0.1) is 6.10 Å². The maximum Gasteiger partial charge on any atom is 0.0580 e. The van der Waals surface area contributed by atoms with Crippen LogP contribution in [0, 0.1) is 12.8 Å². The SMILES string of the molecule is [CH2]C(CN)C(O)CCC. The molecule has 0 aromatic carbocycles. The Morgan fingerprint density at radius 1 is 1.67 bits per heavy atom. The fourth-order valence-electron chi connectivity index (χ4n) is 0.689. The van der Waals surface area contributed by atoms with Crippen LogP contribution in [0.5, 0.6) is 0 Å². The zero-order chi connectivity index (χ0) is 7.28. The fourth-order valence-corrected chi connectivity index (χ4v) is 0.689. The number of hydrogen-bond donors (Lipinski definition) is 2. The highest BCUT2D eigenvalue weighted by Gasteiger charge is 2.09. The molecule has 0 aliphatic carbocycles. The average Bonchev–Trinajstić information content (AvgIpc) is 1.87. The molecule has 9 heavy (non-hydrogen) atoms. The molecule has 0 saturated carbocycles. The lowest BCUT2D eigenvalue weighted by Gasteiger charge is -2.14. The van der Waals surface area contributed by atoms with Crippen LogP contribution in [0.2, 0.25) is 0 Å². The molecule has 0 fully saturated rings. The van der Waals surface area contributed by atoms with Gasteiger partial charge in [-0.15, -0.1) is 0 Å². The van der Waals surface area contributed by atoms with E-state index in [2.05, 4.69) is 6.92 Å². The Balaban J connectivity index is 3.32. The minimum atomic E-state index is -0.306. The molecule has 0 aromatic rings. The van der Waals surface area contributed by atoms with Gasteiger partial charge in [-0.3, -0.25) is 0 Å². The molecule has 0 rings (SSSR count). The summed E-state index contributed by atoms with van der Waals surface area (Å²) in [4.78, 5) is 0. The van der Waals surface area contributed by atoms with Crippen molar-refractivity contribution in [3.63, 3.8) is 0 Å². The molecule has 0 aromatic heterocycles. The molecular formula is C7H16NO. The van der Waals surface area contributed by atoms with E-state index in [1.54, 1.807) is 0 Å². The standard InChI is InChI=1S/C7H16NO/c1-3-4-7(9)6(2)5-8/h6-7,9H,2-5,8H2,1H3. The van der Waals surface area contributed by atoms with Crippen LogP contribution in [-0.4, -0.2) is 17.8 Å². The summed E-state index contributed by atoms with van der Waals surface area (Å²) in [6.07, 6.45) is 1.50. The Morgan fingerprint density at radius 3 is 2.56 bits per heavy atom. The molecule has 0 heterocycles. The van der Waals surface area contributed by atoms with Crippen molar-refractivity contribution in [2.75, 3.05) is 6.54 Å². The van der Waals surface area contributed by atoms with E-state index >= 15 is 0 Å². The second-order valence-corrected chi connectivity index (χ2v) is 2.35. The molecule has 0 aliphatic rings. The molecule has 0 bridgehead atoms. The van der Waals surface area contributed by atoms with Crippen LogP contribution in [0.1, 0.15) is 19.8 Å². The summed E-state index contributed by atoms with van der Waals surface area (Å²) in [5.74, 6) is 0.00458. The van der Waals surface area contributed by atoms with E-state index in [4.69, 9.17) is 5.73 Å². The number of aliphatic hydroxyl groups excluding tert-OH is 1. The molecule has 3 N–H and O–H groups in total. The van der Waals surface area contributed by atoms with E-state index in [1.807, 2.05) is 6.92 Å². The van der Waals surface area contributed by atoms with Gasteiger partial charge in [0.15, 0.2) is 0 Å². The van der Waals surface area contributed by atoms with Gasteiger partial charge in [0.25, 0.3) is 0 Å². The van der Waals surface area contributed by atoms with Crippen molar-refractivity contribution in [2.24, 2.45) is 11.7 Å². The lowest BCUT2D eigenvalue weighted by molar-refractivity contribution is 0.122. The predicted molar refractivity (Wildman–Crippen MR) is 38.8 cm³/mol. The lowest BCUT2D eigenvalue weighted by atomic mass is 10.0. The zero-order valence-electron chi connectivity index (χ0n) is 6.01. The molecule has 0 aliphatic heterocycles. The largest absolute Gasteiger partial charge is 0.393 e. The molecule has 2 unspecified atom stereocenters. The number of aliphatic hydroxyl groups is 1. The van der Waals surface area contributed by atoms with Gasteiger partial charge < -0.3 is 10.8 Å². The van der Waals surface area contributed by atoms with Crippen molar-refractivity contribution >= 4 is 0 Å². The Kier molecular flexibility index (Phi) is 4.72. The molecular weight excluding hydrogens is 114 g/mol. The van der Waals surface area contributed by atoms with Gasteiger partial charge in [-0.05, 0) is 25.8 Å². The first-order valence-corrected chi connectivity index (χ1v) is 3.43. The van der Waals surface area contributed by atoms with Crippen LogP contribution in [0.25, 0.3) is 0 Å². The van der Waals surface area contributed by atoms with Crippen molar-refractivity contribution in [1.29, 1.82) is 0 Å². The van der Waals surface area contributed by atoms with Gasteiger partial charge in [-0.25, -0.2) is 0 Å². The van der Waals surface area contributed by atoms with Gasteiger partial charge in [0.2, 0.25) is 0 Å². The van der Waals surface area contributed by atoms with Crippen LogP contribution in [-0.2, 0) is 0 Å². The van der Waals surface area contributed by atoms with Crippen LogP contribution < -0.4 is 5.73 Å². The molecule has 1 radical (unpaired) electrons. The highest BCUT2D eigenvalue weighted by molar-refractivity contribution is 4.70. The van der Waals surface area contributed by atoms with Crippen LogP contribution in [0.15, 0.2) is 0 Å². The quantitative estimate of drug-likeness (QED) is 0.584. The van der Waals surface area contributed by atoms with E-state index < -0.39 is 0 Å². The average molecular weight is 130 g/mol. The van der Waals surface area contributed by atoms with E-state index in [-0.39, 0.29) is 12.0 Å². The Bertz CT molecular complexity index is 65.9. The third-order valence-corrected chi connectivity index (χ3v) is 1.43. The van der Waals surface area contributed by atoms with Gasteiger partial charge in [0.1, 0.15) is 0 Å². The maximum atomic E-state index is 9.18. The molecule has 0 amide bonds. The second-order valence-electron chi connectivity index (χ2n) is 2.35. The van der Waals surface area contributed by atoms with Gasteiger partial charge in [-0.2, -0.15) is 0 Å². The summed E-state index contributed by atoms with van der Waals surface area (Å²) in [5.41, 5.74) is 5.28.